The lowest BCUT2D eigenvalue weighted by molar-refractivity contribution is -0.385. The summed E-state index contributed by atoms with van der Waals surface area (Å²) in [4.78, 5) is 10.5. The summed E-state index contributed by atoms with van der Waals surface area (Å²) in [6.45, 7) is 5.14. The van der Waals surface area contributed by atoms with Gasteiger partial charge in [-0.05, 0) is 24.4 Å². The highest BCUT2D eigenvalue weighted by Crippen LogP contribution is 2.32. The first kappa shape index (κ1) is 16.2. The van der Waals surface area contributed by atoms with E-state index in [0.29, 0.717) is 5.56 Å². The second kappa shape index (κ2) is 6.29. The van der Waals surface area contributed by atoms with Crippen molar-refractivity contribution in [1.82, 2.24) is 0 Å². The normalized spacial score (nSPS) is 11.1. The minimum atomic E-state index is -3.78. The molecule has 1 heterocycles. The van der Waals surface area contributed by atoms with Gasteiger partial charge in [0.1, 0.15) is 4.21 Å². The summed E-state index contributed by atoms with van der Waals surface area (Å²) >= 11 is 1.10. The Hall–Kier alpha value is -2.19. The minimum absolute atomic E-state index is 0.0300. The van der Waals surface area contributed by atoms with E-state index in [1.54, 1.807) is 17.5 Å². The number of anilines is 1. The molecule has 22 heavy (non-hydrogen) atoms. The third kappa shape index (κ3) is 2.88. The maximum Gasteiger partial charge on any atom is 0.274 e. The van der Waals surface area contributed by atoms with Crippen LogP contribution in [0.15, 0.2) is 52.6 Å². The van der Waals surface area contributed by atoms with Crippen molar-refractivity contribution in [2.75, 3.05) is 10.8 Å². The van der Waals surface area contributed by atoms with Gasteiger partial charge in [-0.1, -0.05) is 18.2 Å². The van der Waals surface area contributed by atoms with E-state index >= 15 is 0 Å². The number of sulfonamides is 1. The Morgan fingerprint density at radius 3 is 2.64 bits per heavy atom. The van der Waals surface area contributed by atoms with Crippen LogP contribution in [0.4, 0.5) is 11.4 Å². The zero-order valence-corrected chi connectivity index (χ0v) is 13.4. The fourth-order valence-corrected chi connectivity index (χ4v) is 4.64. The standard InChI is InChI=1S/C14H14N2O4S2/c1-3-9-15(22(19,20)14-8-5-10-21-14)12-6-4-7-13(11(12)2)16(17)18/h3-8,10H,1,9H2,2H3. The number of hydrogen-bond donors (Lipinski definition) is 0. The predicted octanol–water partition coefficient (Wildman–Crippen LogP) is 3.35. The molecule has 0 radical (unpaired) electrons. The quantitative estimate of drug-likeness (QED) is 0.459. The van der Waals surface area contributed by atoms with E-state index in [9.17, 15) is 18.5 Å². The van der Waals surface area contributed by atoms with E-state index in [-0.39, 0.29) is 22.1 Å². The molecule has 0 atom stereocenters. The average Bonchev–Trinajstić information content (AvgIpc) is 3.00. The number of rotatable bonds is 6. The van der Waals surface area contributed by atoms with Gasteiger partial charge in [0, 0.05) is 6.07 Å². The summed E-state index contributed by atoms with van der Waals surface area (Å²) in [6.07, 6.45) is 1.45. The highest BCUT2D eigenvalue weighted by atomic mass is 32.2. The van der Waals surface area contributed by atoms with Crippen LogP contribution in [0.1, 0.15) is 5.56 Å². The fourth-order valence-electron chi connectivity index (χ4n) is 2.04. The molecule has 0 aliphatic carbocycles. The molecule has 0 amide bonds. The summed E-state index contributed by atoms with van der Waals surface area (Å²) in [5, 5.41) is 12.7. The van der Waals surface area contributed by atoms with Crippen molar-refractivity contribution in [2.24, 2.45) is 0 Å². The summed E-state index contributed by atoms with van der Waals surface area (Å²) in [5.74, 6) is 0. The number of hydrogen-bond acceptors (Lipinski definition) is 5. The van der Waals surface area contributed by atoms with Crippen LogP contribution >= 0.6 is 11.3 Å². The Balaban J connectivity index is 2.62. The Morgan fingerprint density at radius 1 is 1.36 bits per heavy atom. The molecule has 0 spiro atoms. The number of nitro benzene ring substituents is 1. The minimum Gasteiger partial charge on any atom is -0.261 e. The van der Waals surface area contributed by atoms with Gasteiger partial charge in [-0.15, -0.1) is 17.9 Å². The molecule has 1 aromatic carbocycles. The van der Waals surface area contributed by atoms with Gasteiger partial charge in [-0.25, -0.2) is 8.42 Å². The number of benzene rings is 1. The zero-order valence-electron chi connectivity index (χ0n) is 11.8. The van der Waals surface area contributed by atoms with Crippen molar-refractivity contribution in [3.05, 3.63) is 64.0 Å². The highest BCUT2D eigenvalue weighted by molar-refractivity contribution is 7.94. The Bertz CT molecular complexity index is 798. The molecule has 0 saturated carbocycles. The lowest BCUT2D eigenvalue weighted by Gasteiger charge is -2.23. The topological polar surface area (TPSA) is 80.5 Å². The first-order chi connectivity index (χ1) is 10.4. The van der Waals surface area contributed by atoms with Crippen LogP contribution in [0.2, 0.25) is 0 Å². The second-order valence-electron chi connectivity index (χ2n) is 4.44. The average molecular weight is 338 g/mol. The number of nitro groups is 1. The third-order valence-electron chi connectivity index (χ3n) is 3.08. The van der Waals surface area contributed by atoms with E-state index in [2.05, 4.69) is 6.58 Å². The van der Waals surface area contributed by atoms with Crippen LogP contribution < -0.4 is 4.31 Å². The van der Waals surface area contributed by atoms with E-state index < -0.39 is 14.9 Å². The van der Waals surface area contributed by atoms with Crippen molar-refractivity contribution in [3.8, 4) is 0 Å². The summed E-state index contributed by atoms with van der Waals surface area (Å²) in [6, 6.07) is 7.52. The fraction of sp³-hybridized carbons (Fsp3) is 0.143. The molecule has 0 aliphatic rings. The molecule has 8 heteroatoms. The van der Waals surface area contributed by atoms with Crippen molar-refractivity contribution in [3.63, 3.8) is 0 Å². The van der Waals surface area contributed by atoms with Crippen molar-refractivity contribution in [1.29, 1.82) is 0 Å². The molecule has 0 fully saturated rings. The molecule has 0 saturated heterocycles. The van der Waals surface area contributed by atoms with E-state index in [1.165, 1.54) is 31.2 Å². The van der Waals surface area contributed by atoms with Crippen molar-refractivity contribution < 1.29 is 13.3 Å². The Morgan fingerprint density at radius 2 is 2.09 bits per heavy atom. The zero-order chi connectivity index (χ0) is 16.3. The maximum atomic E-state index is 12.7. The van der Waals surface area contributed by atoms with Gasteiger partial charge in [-0.3, -0.25) is 14.4 Å². The third-order valence-corrected chi connectivity index (χ3v) is 6.23. The SMILES string of the molecule is C=CCN(c1cccc([N+](=O)[O-])c1C)S(=O)(=O)c1cccs1. The smallest absolute Gasteiger partial charge is 0.261 e. The van der Waals surface area contributed by atoms with Crippen LogP contribution in [0.25, 0.3) is 0 Å². The van der Waals surface area contributed by atoms with Crippen molar-refractivity contribution in [2.45, 2.75) is 11.1 Å². The molecule has 6 nitrogen and oxygen atoms in total. The van der Waals surface area contributed by atoms with E-state index in [0.717, 1.165) is 15.6 Å². The van der Waals surface area contributed by atoms with Gasteiger partial charge in [0.25, 0.3) is 15.7 Å². The Labute approximate surface area is 132 Å². The molecule has 116 valence electrons. The highest BCUT2D eigenvalue weighted by Gasteiger charge is 2.28. The molecule has 0 unspecified atom stereocenters. The molecule has 0 bridgehead atoms. The van der Waals surface area contributed by atoms with Gasteiger partial charge in [0.15, 0.2) is 0 Å². The number of thiophene rings is 1. The molecule has 0 N–H and O–H groups in total. The van der Waals surface area contributed by atoms with Gasteiger partial charge in [0.2, 0.25) is 0 Å². The molecule has 0 aliphatic heterocycles. The summed E-state index contributed by atoms with van der Waals surface area (Å²) < 4.78 is 26.8. The monoisotopic (exact) mass is 338 g/mol. The lowest BCUT2D eigenvalue weighted by atomic mass is 10.1. The molecular formula is C14H14N2O4S2. The van der Waals surface area contributed by atoms with E-state index in [4.69, 9.17) is 0 Å². The van der Waals surface area contributed by atoms with Crippen LogP contribution in [-0.4, -0.2) is 19.9 Å². The van der Waals surface area contributed by atoms with Gasteiger partial charge < -0.3 is 0 Å². The van der Waals surface area contributed by atoms with Gasteiger partial charge >= 0.3 is 0 Å². The van der Waals surface area contributed by atoms with Crippen molar-refractivity contribution >= 4 is 32.7 Å². The molecular weight excluding hydrogens is 324 g/mol. The van der Waals surface area contributed by atoms with Gasteiger partial charge in [0.05, 0.1) is 22.7 Å². The van der Waals surface area contributed by atoms with Crippen LogP contribution in [0, 0.1) is 17.0 Å². The predicted molar refractivity (Wildman–Crippen MR) is 86.9 cm³/mol. The van der Waals surface area contributed by atoms with Crippen LogP contribution in [0.5, 0.6) is 0 Å². The lowest BCUT2D eigenvalue weighted by Crippen LogP contribution is -2.31. The van der Waals surface area contributed by atoms with E-state index in [1.807, 2.05) is 0 Å². The maximum absolute atomic E-state index is 12.7. The molecule has 2 aromatic rings. The van der Waals surface area contributed by atoms with Crippen LogP contribution in [-0.2, 0) is 10.0 Å². The molecule has 2 rings (SSSR count). The molecule has 1 aromatic heterocycles. The first-order valence-corrected chi connectivity index (χ1v) is 8.62. The first-order valence-electron chi connectivity index (χ1n) is 6.30. The summed E-state index contributed by atoms with van der Waals surface area (Å²) in [7, 11) is -3.78. The van der Waals surface area contributed by atoms with Gasteiger partial charge in [-0.2, -0.15) is 0 Å². The number of nitrogens with zero attached hydrogens (tertiary/aromatic N) is 2. The summed E-state index contributed by atoms with van der Waals surface area (Å²) in [5.41, 5.74) is 0.463. The largest absolute Gasteiger partial charge is 0.274 e. The second-order valence-corrected chi connectivity index (χ2v) is 7.47. The Kier molecular flexibility index (Phi) is 4.62. The van der Waals surface area contributed by atoms with Crippen LogP contribution in [0.3, 0.4) is 0 Å².